The lowest BCUT2D eigenvalue weighted by molar-refractivity contribution is -0.112. The van der Waals surface area contributed by atoms with Crippen molar-refractivity contribution in [1.29, 1.82) is 0 Å². The molecule has 0 aromatic heterocycles. The van der Waals surface area contributed by atoms with Gasteiger partial charge in [0, 0.05) is 17.7 Å². The Hall–Kier alpha value is -1.83. The molecule has 74 valence electrons. The first-order valence-corrected chi connectivity index (χ1v) is 5.11. The number of anilines is 1. The maximum Gasteiger partial charge on any atom is 0.258 e. The third-order valence-corrected chi connectivity index (χ3v) is 2.98. The van der Waals surface area contributed by atoms with Crippen molar-refractivity contribution < 1.29 is 4.79 Å². The summed E-state index contributed by atoms with van der Waals surface area (Å²) in [6, 6.07) is 6.07. The summed E-state index contributed by atoms with van der Waals surface area (Å²) in [5.74, 6) is 0.129. The van der Waals surface area contributed by atoms with Crippen molar-refractivity contribution in [1.82, 2.24) is 0 Å². The number of allylic oxidation sites excluding steroid dienone is 1. The SMILES string of the molecule is CC=C1C(=O)N2CC=Cc3cccc1c32. The Balaban J connectivity index is 2.36. The first-order valence-electron chi connectivity index (χ1n) is 5.11. The van der Waals surface area contributed by atoms with Gasteiger partial charge >= 0.3 is 0 Å². The Morgan fingerprint density at radius 2 is 2.27 bits per heavy atom. The largest absolute Gasteiger partial charge is 0.303 e. The van der Waals surface area contributed by atoms with Gasteiger partial charge in [0.1, 0.15) is 0 Å². The van der Waals surface area contributed by atoms with Gasteiger partial charge in [0.25, 0.3) is 5.91 Å². The fourth-order valence-corrected chi connectivity index (χ4v) is 2.31. The van der Waals surface area contributed by atoms with E-state index in [1.54, 1.807) is 0 Å². The van der Waals surface area contributed by atoms with Crippen molar-refractivity contribution >= 4 is 23.2 Å². The topological polar surface area (TPSA) is 20.3 Å². The van der Waals surface area contributed by atoms with E-state index in [1.807, 2.05) is 42.2 Å². The van der Waals surface area contributed by atoms with Crippen molar-refractivity contribution in [2.75, 3.05) is 11.4 Å². The predicted molar refractivity (Wildman–Crippen MR) is 61.5 cm³/mol. The molecule has 0 aliphatic carbocycles. The number of amides is 1. The zero-order valence-electron chi connectivity index (χ0n) is 8.53. The summed E-state index contributed by atoms with van der Waals surface area (Å²) < 4.78 is 0. The molecule has 1 amide bonds. The smallest absolute Gasteiger partial charge is 0.258 e. The zero-order chi connectivity index (χ0) is 10.4. The standard InChI is InChI=1S/C13H11NO/c1-2-10-11-7-3-5-9-6-4-8-14(12(9)11)13(10)15/h2-7H,8H2,1H3. The molecular weight excluding hydrogens is 186 g/mol. The van der Waals surface area contributed by atoms with E-state index in [2.05, 4.69) is 6.08 Å². The lowest BCUT2D eigenvalue weighted by Crippen LogP contribution is -2.28. The van der Waals surface area contributed by atoms with Gasteiger partial charge in [0.15, 0.2) is 0 Å². The first kappa shape index (κ1) is 8.48. The van der Waals surface area contributed by atoms with Crippen LogP contribution in [0.3, 0.4) is 0 Å². The number of hydrogen-bond donors (Lipinski definition) is 0. The third-order valence-electron chi connectivity index (χ3n) is 2.98. The molecule has 2 heteroatoms. The second-order valence-electron chi connectivity index (χ2n) is 3.76. The molecule has 0 radical (unpaired) electrons. The van der Waals surface area contributed by atoms with Crippen LogP contribution >= 0.6 is 0 Å². The van der Waals surface area contributed by atoms with Crippen LogP contribution in [-0.2, 0) is 4.79 Å². The van der Waals surface area contributed by atoms with Crippen LogP contribution in [0.25, 0.3) is 11.6 Å². The summed E-state index contributed by atoms with van der Waals surface area (Å²) in [6.07, 6.45) is 6.01. The van der Waals surface area contributed by atoms with Crippen LogP contribution in [0.1, 0.15) is 18.1 Å². The van der Waals surface area contributed by atoms with E-state index in [1.165, 1.54) is 0 Å². The fourth-order valence-electron chi connectivity index (χ4n) is 2.31. The molecule has 3 rings (SSSR count). The minimum absolute atomic E-state index is 0.129. The molecule has 0 saturated heterocycles. The molecule has 0 bridgehead atoms. The minimum Gasteiger partial charge on any atom is -0.303 e. The number of hydrogen-bond acceptors (Lipinski definition) is 1. The van der Waals surface area contributed by atoms with Gasteiger partial charge in [-0.25, -0.2) is 0 Å². The second-order valence-corrected chi connectivity index (χ2v) is 3.76. The number of carbonyl (C=O) groups is 1. The molecular formula is C13H11NO. The van der Waals surface area contributed by atoms with Gasteiger partial charge in [-0.2, -0.15) is 0 Å². The average Bonchev–Trinajstić information content (AvgIpc) is 2.55. The molecule has 0 N–H and O–H groups in total. The monoisotopic (exact) mass is 197 g/mol. The number of benzene rings is 1. The molecule has 0 atom stereocenters. The van der Waals surface area contributed by atoms with Crippen molar-refractivity contribution in [3.63, 3.8) is 0 Å². The highest BCUT2D eigenvalue weighted by Crippen LogP contribution is 2.41. The Bertz CT molecular complexity index is 511. The molecule has 1 aromatic rings. The maximum atomic E-state index is 12.0. The lowest BCUT2D eigenvalue weighted by atomic mass is 10.0. The average molecular weight is 197 g/mol. The van der Waals surface area contributed by atoms with Crippen molar-refractivity contribution in [2.24, 2.45) is 0 Å². The van der Waals surface area contributed by atoms with Gasteiger partial charge < -0.3 is 4.90 Å². The number of carbonyl (C=O) groups excluding carboxylic acids is 1. The molecule has 0 unspecified atom stereocenters. The third kappa shape index (κ3) is 0.962. The van der Waals surface area contributed by atoms with Gasteiger partial charge in [-0.3, -0.25) is 4.79 Å². The molecule has 0 saturated carbocycles. The number of rotatable bonds is 0. The molecule has 2 nitrogen and oxygen atoms in total. The fraction of sp³-hybridized carbons (Fsp3) is 0.154. The van der Waals surface area contributed by atoms with Crippen LogP contribution < -0.4 is 4.90 Å². The second kappa shape index (κ2) is 2.83. The maximum absolute atomic E-state index is 12.0. The van der Waals surface area contributed by atoms with Gasteiger partial charge in [-0.15, -0.1) is 0 Å². The van der Waals surface area contributed by atoms with Crippen LogP contribution in [0.2, 0.25) is 0 Å². The number of nitrogens with zero attached hydrogens (tertiary/aromatic N) is 1. The van der Waals surface area contributed by atoms with E-state index in [-0.39, 0.29) is 5.91 Å². The van der Waals surface area contributed by atoms with Gasteiger partial charge in [0.2, 0.25) is 0 Å². The van der Waals surface area contributed by atoms with E-state index in [4.69, 9.17) is 0 Å². The van der Waals surface area contributed by atoms with Crippen LogP contribution in [0, 0.1) is 0 Å². The Morgan fingerprint density at radius 1 is 1.40 bits per heavy atom. The number of para-hydroxylation sites is 1. The highest BCUT2D eigenvalue weighted by molar-refractivity contribution is 6.33. The van der Waals surface area contributed by atoms with Crippen LogP contribution in [0.15, 0.2) is 30.4 Å². The highest BCUT2D eigenvalue weighted by atomic mass is 16.2. The van der Waals surface area contributed by atoms with Gasteiger partial charge in [-0.05, 0) is 12.5 Å². The summed E-state index contributed by atoms with van der Waals surface area (Å²) >= 11 is 0. The first-order chi connectivity index (χ1) is 7.33. The van der Waals surface area contributed by atoms with Gasteiger partial charge in [-0.1, -0.05) is 36.4 Å². The summed E-state index contributed by atoms with van der Waals surface area (Å²) in [5, 5.41) is 0. The molecule has 2 aliphatic rings. The van der Waals surface area contributed by atoms with Gasteiger partial charge in [0.05, 0.1) is 5.69 Å². The van der Waals surface area contributed by atoms with Crippen LogP contribution in [0.4, 0.5) is 5.69 Å². The lowest BCUT2D eigenvalue weighted by Gasteiger charge is -2.20. The molecule has 0 spiro atoms. The predicted octanol–water partition coefficient (Wildman–Crippen LogP) is 2.46. The van der Waals surface area contributed by atoms with Crippen molar-refractivity contribution in [3.8, 4) is 0 Å². The highest BCUT2D eigenvalue weighted by Gasteiger charge is 2.33. The summed E-state index contributed by atoms with van der Waals surface area (Å²) in [5.41, 5.74) is 4.13. The molecule has 2 aliphatic heterocycles. The van der Waals surface area contributed by atoms with E-state index < -0.39 is 0 Å². The van der Waals surface area contributed by atoms with Crippen molar-refractivity contribution in [2.45, 2.75) is 6.92 Å². The Labute approximate surface area is 88.5 Å². The molecule has 15 heavy (non-hydrogen) atoms. The zero-order valence-corrected chi connectivity index (χ0v) is 8.53. The molecule has 1 aromatic carbocycles. The summed E-state index contributed by atoms with van der Waals surface area (Å²) in [6.45, 7) is 2.61. The van der Waals surface area contributed by atoms with E-state index in [0.717, 1.165) is 22.4 Å². The Morgan fingerprint density at radius 3 is 3.07 bits per heavy atom. The Kier molecular flexibility index (Phi) is 1.60. The van der Waals surface area contributed by atoms with Crippen molar-refractivity contribution in [3.05, 3.63) is 41.5 Å². The van der Waals surface area contributed by atoms with E-state index in [9.17, 15) is 4.79 Å². The molecule has 2 heterocycles. The van der Waals surface area contributed by atoms with E-state index >= 15 is 0 Å². The van der Waals surface area contributed by atoms with E-state index in [0.29, 0.717) is 6.54 Å². The van der Waals surface area contributed by atoms with Crippen LogP contribution in [0.5, 0.6) is 0 Å². The summed E-state index contributed by atoms with van der Waals surface area (Å²) in [7, 11) is 0. The minimum atomic E-state index is 0.129. The molecule has 0 fully saturated rings. The normalized spacial score (nSPS) is 19.9. The summed E-state index contributed by atoms with van der Waals surface area (Å²) in [4.78, 5) is 13.9. The van der Waals surface area contributed by atoms with Crippen LogP contribution in [-0.4, -0.2) is 12.5 Å². The quantitative estimate of drug-likeness (QED) is 0.585.